The molecule has 1 aromatic heterocycles. The van der Waals surface area contributed by atoms with E-state index in [1.54, 1.807) is 23.1 Å². The van der Waals surface area contributed by atoms with E-state index in [9.17, 15) is 9.59 Å². The Labute approximate surface area is 112 Å². The van der Waals surface area contributed by atoms with Crippen molar-refractivity contribution in [1.82, 2.24) is 4.90 Å². The van der Waals surface area contributed by atoms with E-state index >= 15 is 0 Å². The van der Waals surface area contributed by atoms with Crippen molar-refractivity contribution in [3.05, 3.63) is 30.2 Å². The third-order valence-electron chi connectivity index (χ3n) is 2.91. The minimum atomic E-state index is -0.906. The highest BCUT2D eigenvalue weighted by molar-refractivity contribution is 5.91. The Balaban J connectivity index is 2.67. The Kier molecular flexibility index (Phi) is 5.85. The summed E-state index contributed by atoms with van der Waals surface area (Å²) in [5.74, 6) is -0.515. The largest absolute Gasteiger partial charge is 0.481 e. The molecule has 0 saturated carbocycles. The first-order chi connectivity index (χ1) is 9.04. The molecule has 1 amide bonds. The van der Waals surface area contributed by atoms with Crippen LogP contribution >= 0.6 is 0 Å². The highest BCUT2D eigenvalue weighted by Crippen LogP contribution is 2.08. The topological polar surface area (TPSA) is 70.8 Å². The lowest BCUT2D eigenvalue weighted by molar-refractivity contribution is -0.138. The van der Waals surface area contributed by atoms with Gasteiger partial charge in [-0.25, -0.2) is 0 Å². The molecule has 0 spiro atoms. The van der Waals surface area contributed by atoms with E-state index in [0.717, 1.165) is 6.42 Å². The summed E-state index contributed by atoms with van der Waals surface area (Å²) in [4.78, 5) is 24.2. The maximum absolute atomic E-state index is 12.1. The van der Waals surface area contributed by atoms with Gasteiger partial charge in [-0.15, -0.1) is 0 Å². The van der Waals surface area contributed by atoms with Crippen molar-refractivity contribution in [3.8, 4) is 0 Å². The first kappa shape index (κ1) is 15.0. The third-order valence-corrected chi connectivity index (χ3v) is 2.91. The van der Waals surface area contributed by atoms with E-state index in [4.69, 9.17) is 9.52 Å². The molecule has 0 fully saturated rings. The molecule has 1 unspecified atom stereocenters. The Morgan fingerprint density at radius 1 is 1.53 bits per heavy atom. The number of rotatable bonds is 7. The zero-order valence-corrected chi connectivity index (χ0v) is 11.2. The van der Waals surface area contributed by atoms with Crippen LogP contribution in [-0.2, 0) is 9.59 Å². The molecular weight excluding hydrogens is 246 g/mol. The van der Waals surface area contributed by atoms with Gasteiger partial charge in [-0.1, -0.05) is 6.92 Å². The van der Waals surface area contributed by atoms with Crippen LogP contribution < -0.4 is 0 Å². The van der Waals surface area contributed by atoms with Crippen LogP contribution in [0, 0.1) is 0 Å². The molecule has 0 aromatic carbocycles. The van der Waals surface area contributed by atoms with Crippen LogP contribution in [0.2, 0.25) is 0 Å². The first-order valence-corrected chi connectivity index (χ1v) is 6.28. The van der Waals surface area contributed by atoms with Crippen LogP contribution in [0.15, 0.2) is 28.9 Å². The van der Waals surface area contributed by atoms with Crippen LogP contribution in [0.4, 0.5) is 0 Å². The fourth-order valence-electron chi connectivity index (χ4n) is 1.62. The normalized spacial score (nSPS) is 12.5. The standard InChI is InChI=1S/C14H19NO4/c1-3-11(2)15(9-8-14(17)18)13(16)7-6-12-5-4-10-19-12/h4-7,10-11H,3,8-9H2,1-2H3,(H,17,18)/b7-6+. The van der Waals surface area contributed by atoms with Gasteiger partial charge in [0.25, 0.3) is 0 Å². The summed E-state index contributed by atoms with van der Waals surface area (Å²) in [5, 5.41) is 8.71. The van der Waals surface area contributed by atoms with Gasteiger partial charge >= 0.3 is 5.97 Å². The number of carboxylic acid groups (broad SMARTS) is 1. The van der Waals surface area contributed by atoms with Gasteiger partial charge < -0.3 is 14.4 Å². The second kappa shape index (κ2) is 7.41. The summed E-state index contributed by atoms with van der Waals surface area (Å²) in [6.45, 7) is 4.08. The number of carboxylic acids is 1. The number of carbonyl (C=O) groups excluding carboxylic acids is 1. The van der Waals surface area contributed by atoms with Crippen molar-refractivity contribution < 1.29 is 19.1 Å². The van der Waals surface area contributed by atoms with Gasteiger partial charge in [0.15, 0.2) is 0 Å². The summed E-state index contributed by atoms with van der Waals surface area (Å²) in [7, 11) is 0. The monoisotopic (exact) mass is 265 g/mol. The molecule has 5 heteroatoms. The molecule has 1 N–H and O–H groups in total. The molecule has 1 heterocycles. The second-order valence-corrected chi connectivity index (χ2v) is 4.28. The van der Waals surface area contributed by atoms with E-state index in [0.29, 0.717) is 5.76 Å². The summed E-state index contributed by atoms with van der Waals surface area (Å²) in [6, 6.07) is 3.49. The zero-order valence-electron chi connectivity index (χ0n) is 11.2. The number of carbonyl (C=O) groups is 2. The van der Waals surface area contributed by atoms with E-state index in [-0.39, 0.29) is 24.9 Å². The Bertz CT molecular complexity index is 436. The van der Waals surface area contributed by atoms with Crippen LogP contribution in [0.1, 0.15) is 32.4 Å². The molecular formula is C14H19NO4. The predicted octanol–water partition coefficient (Wildman–Crippen LogP) is 2.39. The minimum absolute atomic E-state index is 0.00750. The van der Waals surface area contributed by atoms with Crippen molar-refractivity contribution >= 4 is 18.0 Å². The number of furan rings is 1. The van der Waals surface area contributed by atoms with Crippen molar-refractivity contribution in [1.29, 1.82) is 0 Å². The minimum Gasteiger partial charge on any atom is -0.481 e. The molecule has 0 aliphatic rings. The lowest BCUT2D eigenvalue weighted by atomic mass is 10.2. The van der Waals surface area contributed by atoms with Crippen LogP contribution in [0.5, 0.6) is 0 Å². The molecule has 0 aliphatic carbocycles. The first-order valence-electron chi connectivity index (χ1n) is 6.28. The summed E-state index contributed by atoms with van der Waals surface area (Å²) in [6.07, 6.45) is 5.25. The highest BCUT2D eigenvalue weighted by Gasteiger charge is 2.17. The number of nitrogens with zero attached hydrogens (tertiary/aromatic N) is 1. The van der Waals surface area contributed by atoms with Crippen LogP contribution in [0.3, 0.4) is 0 Å². The Morgan fingerprint density at radius 3 is 2.79 bits per heavy atom. The molecule has 0 radical (unpaired) electrons. The molecule has 1 atom stereocenters. The van der Waals surface area contributed by atoms with E-state index in [1.165, 1.54) is 12.3 Å². The third kappa shape index (κ3) is 4.99. The highest BCUT2D eigenvalue weighted by atomic mass is 16.4. The van der Waals surface area contributed by atoms with Gasteiger partial charge in [0, 0.05) is 18.7 Å². The molecule has 0 aliphatic heterocycles. The van der Waals surface area contributed by atoms with Gasteiger partial charge in [-0.05, 0) is 31.6 Å². The average molecular weight is 265 g/mol. The van der Waals surface area contributed by atoms with E-state index in [2.05, 4.69) is 0 Å². The SMILES string of the molecule is CCC(C)N(CCC(=O)O)C(=O)/C=C/c1ccco1. The van der Waals surface area contributed by atoms with E-state index < -0.39 is 5.97 Å². The van der Waals surface area contributed by atoms with Gasteiger partial charge in [0.05, 0.1) is 12.7 Å². The molecule has 104 valence electrons. The van der Waals surface area contributed by atoms with Crippen molar-refractivity contribution in [2.24, 2.45) is 0 Å². The molecule has 1 rings (SSSR count). The second-order valence-electron chi connectivity index (χ2n) is 4.28. The number of amides is 1. The Morgan fingerprint density at radius 2 is 2.26 bits per heavy atom. The molecule has 0 saturated heterocycles. The predicted molar refractivity (Wildman–Crippen MR) is 71.5 cm³/mol. The maximum atomic E-state index is 12.1. The van der Waals surface area contributed by atoms with Gasteiger partial charge in [-0.3, -0.25) is 9.59 Å². The lowest BCUT2D eigenvalue weighted by Crippen LogP contribution is -2.38. The quantitative estimate of drug-likeness (QED) is 0.768. The van der Waals surface area contributed by atoms with E-state index in [1.807, 2.05) is 13.8 Å². The fourth-order valence-corrected chi connectivity index (χ4v) is 1.62. The fraction of sp³-hybridized carbons (Fsp3) is 0.429. The maximum Gasteiger partial charge on any atom is 0.305 e. The van der Waals surface area contributed by atoms with Crippen LogP contribution in [0.25, 0.3) is 6.08 Å². The average Bonchev–Trinajstić information content (AvgIpc) is 2.88. The summed E-state index contributed by atoms with van der Waals surface area (Å²) >= 11 is 0. The summed E-state index contributed by atoms with van der Waals surface area (Å²) < 4.78 is 5.10. The Hall–Kier alpha value is -2.04. The van der Waals surface area contributed by atoms with Gasteiger partial charge in [0.2, 0.25) is 5.91 Å². The number of hydrogen-bond acceptors (Lipinski definition) is 3. The number of aliphatic carboxylic acids is 1. The van der Waals surface area contributed by atoms with Crippen molar-refractivity contribution in [2.75, 3.05) is 6.54 Å². The van der Waals surface area contributed by atoms with Gasteiger partial charge in [-0.2, -0.15) is 0 Å². The molecule has 1 aromatic rings. The van der Waals surface area contributed by atoms with Gasteiger partial charge in [0.1, 0.15) is 5.76 Å². The molecule has 19 heavy (non-hydrogen) atoms. The molecule has 5 nitrogen and oxygen atoms in total. The van der Waals surface area contributed by atoms with Crippen molar-refractivity contribution in [3.63, 3.8) is 0 Å². The smallest absolute Gasteiger partial charge is 0.305 e. The van der Waals surface area contributed by atoms with Crippen LogP contribution in [-0.4, -0.2) is 34.5 Å². The summed E-state index contributed by atoms with van der Waals surface area (Å²) in [5.41, 5.74) is 0. The molecule has 0 bridgehead atoms. The zero-order chi connectivity index (χ0) is 14.3. The van der Waals surface area contributed by atoms with Crippen molar-refractivity contribution in [2.45, 2.75) is 32.7 Å². The number of hydrogen-bond donors (Lipinski definition) is 1. The lowest BCUT2D eigenvalue weighted by Gasteiger charge is -2.26.